The Bertz CT molecular complexity index is 1900. The van der Waals surface area contributed by atoms with Gasteiger partial charge in [-0.3, -0.25) is 9.59 Å². The molecule has 0 bridgehead atoms. The van der Waals surface area contributed by atoms with Crippen LogP contribution in [0.15, 0.2) is 103 Å². The monoisotopic (exact) mass is 637 g/mol. The van der Waals surface area contributed by atoms with Gasteiger partial charge in [-0.25, -0.2) is 0 Å². The van der Waals surface area contributed by atoms with E-state index in [0.29, 0.717) is 12.1 Å². The van der Waals surface area contributed by atoms with Gasteiger partial charge in [0.1, 0.15) is 0 Å². The molecule has 1 aromatic heterocycles. The smallest absolute Gasteiger partial charge is 0.350 e. The van der Waals surface area contributed by atoms with Gasteiger partial charge in [-0.2, -0.15) is 26.3 Å². The molecule has 46 heavy (non-hydrogen) atoms. The van der Waals surface area contributed by atoms with Crippen LogP contribution in [0.2, 0.25) is 0 Å². The molecular formula is C35H29F6N3O2. The lowest BCUT2D eigenvalue weighted by Gasteiger charge is -2.27. The highest BCUT2D eigenvalue weighted by atomic mass is 19.4. The first-order chi connectivity index (χ1) is 21.7. The van der Waals surface area contributed by atoms with Gasteiger partial charge in [0, 0.05) is 49.4 Å². The van der Waals surface area contributed by atoms with Crippen LogP contribution in [0.1, 0.15) is 32.6 Å². The van der Waals surface area contributed by atoms with Gasteiger partial charge in [0.2, 0.25) is 5.91 Å². The number of para-hydroxylation sites is 1. The van der Waals surface area contributed by atoms with E-state index < -0.39 is 46.9 Å². The summed E-state index contributed by atoms with van der Waals surface area (Å²) < 4.78 is 83.1. The standard InChI is InChI=1S/C35H29F6N3O2/c1-43-21-25(30-12-5-6-13-31(30)43)18-28(14-15-32(45)42-20-23-10-7-9-22-8-3-4-11-29(22)23)44(2)33(46)24-16-26(34(36,37)38)19-27(17-24)35(39,40)41/h3-17,19,21,28H,18,20H2,1-2H3,(H,42,45). The number of carbonyl (C=O) groups excluding carboxylic acids is 2. The highest BCUT2D eigenvalue weighted by Gasteiger charge is 2.38. The minimum absolute atomic E-state index is 0.0233. The van der Waals surface area contributed by atoms with E-state index >= 15 is 0 Å². The Balaban J connectivity index is 1.45. The number of hydrogen-bond acceptors (Lipinski definition) is 2. The van der Waals surface area contributed by atoms with Crippen LogP contribution in [0.3, 0.4) is 0 Å². The van der Waals surface area contributed by atoms with E-state index in [0.717, 1.165) is 37.7 Å². The zero-order valence-corrected chi connectivity index (χ0v) is 24.8. The highest BCUT2D eigenvalue weighted by molar-refractivity contribution is 5.95. The van der Waals surface area contributed by atoms with Crippen molar-refractivity contribution in [2.75, 3.05) is 7.05 Å². The number of nitrogens with zero attached hydrogens (tertiary/aromatic N) is 2. The summed E-state index contributed by atoms with van der Waals surface area (Å²) in [6, 6.07) is 20.7. The van der Waals surface area contributed by atoms with Crippen LogP contribution in [0.5, 0.6) is 0 Å². The van der Waals surface area contributed by atoms with Crippen molar-refractivity contribution in [3.8, 4) is 0 Å². The normalized spacial score (nSPS) is 13.0. The number of aromatic nitrogens is 1. The number of rotatable bonds is 8. The minimum Gasteiger partial charge on any atom is -0.350 e. The van der Waals surface area contributed by atoms with E-state index in [9.17, 15) is 35.9 Å². The molecule has 5 aromatic rings. The maximum atomic E-state index is 13.5. The van der Waals surface area contributed by atoms with Crippen LogP contribution < -0.4 is 5.32 Å². The van der Waals surface area contributed by atoms with Crippen LogP contribution in [-0.2, 0) is 37.2 Å². The molecule has 0 spiro atoms. The fourth-order valence-electron chi connectivity index (χ4n) is 5.47. The third-order valence-electron chi connectivity index (χ3n) is 7.86. The third kappa shape index (κ3) is 7.09. The number of nitrogens with one attached hydrogen (secondary N) is 1. The first-order valence-electron chi connectivity index (χ1n) is 14.2. The molecule has 238 valence electrons. The maximum absolute atomic E-state index is 13.5. The molecule has 5 nitrogen and oxygen atoms in total. The van der Waals surface area contributed by atoms with Gasteiger partial charge in [0.05, 0.1) is 17.2 Å². The number of alkyl halides is 6. The van der Waals surface area contributed by atoms with Crippen molar-refractivity contribution in [3.63, 3.8) is 0 Å². The van der Waals surface area contributed by atoms with Gasteiger partial charge in [-0.15, -0.1) is 0 Å². The molecule has 0 fully saturated rings. The summed E-state index contributed by atoms with van der Waals surface area (Å²) in [5, 5.41) is 5.63. The van der Waals surface area contributed by atoms with Crippen LogP contribution >= 0.6 is 0 Å². The molecule has 5 rings (SSSR count). The summed E-state index contributed by atoms with van der Waals surface area (Å²) in [6.45, 7) is 0.206. The number of hydrogen-bond donors (Lipinski definition) is 1. The number of halogens is 6. The molecule has 0 aliphatic heterocycles. The first-order valence-corrected chi connectivity index (χ1v) is 14.2. The van der Waals surface area contributed by atoms with E-state index in [1.165, 1.54) is 19.2 Å². The van der Waals surface area contributed by atoms with Crippen molar-refractivity contribution in [1.29, 1.82) is 0 Å². The zero-order chi connectivity index (χ0) is 33.2. The molecule has 1 N–H and O–H groups in total. The molecular weight excluding hydrogens is 608 g/mol. The Kier molecular flexibility index (Phi) is 8.96. The number of carbonyl (C=O) groups is 2. The predicted octanol–water partition coefficient (Wildman–Crippen LogP) is 7.93. The average Bonchev–Trinajstić information content (AvgIpc) is 3.34. The molecule has 0 aliphatic rings. The second kappa shape index (κ2) is 12.7. The molecule has 2 amide bonds. The second-order valence-electron chi connectivity index (χ2n) is 11.0. The molecule has 0 radical (unpaired) electrons. The van der Waals surface area contributed by atoms with Crippen molar-refractivity contribution in [1.82, 2.24) is 14.8 Å². The number of aryl methyl sites for hydroxylation is 1. The molecule has 1 atom stereocenters. The van der Waals surface area contributed by atoms with E-state index in [4.69, 9.17) is 0 Å². The molecule has 0 saturated carbocycles. The fraction of sp³-hybridized carbons (Fsp3) is 0.200. The Morgan fingerprint density at radius 3 is 2.11 bits per heavy atom. The molecule has 0 aliphatic carbocycles. The van der Waals surface area contributed by atoms with Gasteiger partial charge in [-0.05, 0) is 52.6 Å². The van der Waals surface area contributed by atoms with Gasteiger partial charge in [-0.1, -0.05) is 66.7 Å². The van der Waals surface area contributed by atoms with Gasteiger partial charge < -0.3 is 14.8 Å². The van der Waals surface area contributed by atoms with Crippen molar-refractivity contribution >= 4 is 33.5 Å². The van der Waals surface area contributed by atoms with E-state index in [-0.39, 0.29) is 19.0 Å². The second-order valence-corrected chi connectivity index (χ2v) is 11.0. The van der Waals surface area contributed by atoms with Crippen LogP contribution in [-0.4, -0.2) is 34.4 Å². The Morgan fingerprint density at radius 2 is 1.43 bits per heavy atom. The van der Waals surface area contributed by atoms with Crippen molar-refractivity contribution in [3.05, 3.63) is 131 Å². The average molecular weight is 638 g/mol. The summed E-state index contributed by atoms with van der Waals surface area (Å²) in [4.78, 5) is 27.5. The maximum Gasteiger partial charge on any atom is 0.416 e. The lowest BCUT2D eigenvalue weighted by Crippen LogP contribution is -2.38. The fourth-order valence-corrected chi connectivity index (χ4v) is 5.47. The number of fused-ring (bicyclic) bond motifs is 2. The molecule has 4 aromatic carbocycles. The van der Waals surface area contributed by atoms with Crippen molar-refractivity contribution < 1.29 is 35.9 Å². The van der Waals surface area contributed by atoms with Gasteiger partial charge in [0.15, 0.2) is 0 Å². The lowest BCUT2D eigenvalue weighted by molar-refractivity contribution is -0.143. The Hall–Kier alpha value is -5.06. The van der Waals surface area contributed by atoms with E-state index in [1.54, 1.807) is 0 Å². The summed E-state index contributed by atoms with van der Waals surface area (Å²) >= 11 is 0. The molecule has 11 heteroatoms. The SMILES string of the molecule is CN(C(=O)c1cc(C(F)(F)F)cc(C(F)(F)F)c1)C(C=CC(=O)NCc1cccc2ccccc12)Cc1cn(C)c2ccccc12. The van der Waals surface area contributed by atoms with Crippen molar-refractivity contribution in [2.45, 2.75) is 31.4 Å². The Labute approximate surface area is 260 Å². The van der Waals surface area contributed by atoms with Gasteiger partial charge in [0.25, 0.3) is 5.91 Å². The zero-order valence-electron chi connectivity index (χ0n) is 24.8. The minimum atomic E-state index is -5.11. The number of amides is 2. The van der Waals surface area contributed by atoms with Crippen LogP contribution in [0.25, 0.3) is 21.7 Å². The number of likely N-dealkylation sites (N-methyl/N-ethyl adjacent to an activating group) is 1. The highest BCUT2D eigenvalue weighted by Crippen LogP contribution is 2.37. The summed E-state index contributed by atoms with van der Waals surface area (Å²) in [7, 11) is 3.11. The van der Waals surface area contributed by atoms with Crippen LogP contribution in [0, 0.1) is 0 Å². The molecule has 1 heterocycles. The van der Waals surface area contributed by atoms with E-state index in [2.05, 4.69) is 5.32 Å². The molecule has 0 saturated heterocycles. The van der Waals surface area contributed by atoms with Gasteiger partial charge >= 0.3 is 12.4 Å². The van der Waals surface area contributed by atoms with E-state index in [1.807, 2.05) is 84.5 Å². The predicted molar refractivity (Wildman–Crippen MR) is 164 cm³/mol. The summed E-state index contributed by atoms with van der Waals surface area (Å²) in [5.74, 6) is -1.56. The largest absolute Gasteiger partial charge is 0.416 e. The first kappa shape index (κ1) is 32.3. The van der Waals surface area contributed by atoms with Crippen LogP contribution in [0.4, 0.5) is 26.3 Å². The number of benzene rings is 4. The topological polar surface area (TPSA) is 54.3 Å². The summed E-state index contributed by atoms with van der Waals surface area (Å²) in [6.07, 6.45) is -5.62. The lowest BCUT2D eigenvalue weighted by atomic mass is 10.0. The quantitative estimate of drug-likeness (QED) is 0.139. The Morgan fingerprint density at radius 1 is 0.826 bits per heavy atom. The third-order valence-corrected chi connectivity index (χ3v) is 7.86. The molecule has 1 unspecified atom stereocenters. The summed E-state index contributed by atoms with van der Waals surface area (Å²) in [5.41, 5.74) is -1.43. The van der Waals surface area contributed by atoms with Crippen molar-refractivity contribution in [2.24, 2.45) is 7.05 Å².